The van der Waals surface area contributed by atoms with Gasteiger partial charge in [0.2, 0.25) is 0 Å². The van der Waals surface area contributed by atoms with Crippen LogP contribution >= 0.6 is 0 Å². The van der Waals surface area contributed by atoms with E-state index >= 15 is 0 Å². The fourth-order valence-corrected chi connectivity index (χ4v) is 2.57. The minimum atomic E-state index is -2.27. The van der Waals surface area contributed by atoms with Gasteiger partial charge in [-0.1, -0.05) is 12.1 Å². The van der Waals surface area contributed by atoms with Gasteiger partial charge in [0.25, 0.3) is 0 Å². The zero-order chi connectivity index (χ0) is 20.8. The molecule has 3 rings (SSSR count). The number of carboxylic acid groups (broad SMARTS) is 2. The van der Waals surface area contributed by atoms with E-state index in [0.717, 1.165) is 37.3 Å². The van der Waals surface area contributed by atoms with Crippen LogP contribution in [0.15, 0.2) is 33.5 Å². The lowest BCUT2D eigenvalue weighted by atomic mass is 10.1. The molecule has 1 aliphatic heterocycles. The third-order valence-electron chi connectivity index (χ3n) is 4.03. The van der Waals surface area contributed by atoms with Crippen molar-refractivity contribution in [3.8, 4) is 0 Å². The predicted molar refractivity (Wildman–Crippen MR) is 99.3 cm³/mol. The maximum atomic E-state index is 11.5. The van der Waals surface area contributed by atoms with Gasteiger partial charge in [0.1, 0.15) is 5.69 Å². The monoisotopic (exact) mass is 395 g/mol. The second-order valence-corrected chi connectivity index (χ2v) is 5.99. The minimum Gasteiger partial charge on any atom is -0.479 e. The Morgan fingerprint density at radius 2 is 1.68 bits per heavy atom. The van der Waals surface area contributed by atoms with Crippen molar-refractivity contribution in [1.29, 1.82) is 0 Å². The number of para-hydroxylation sites is 1. The highest BCUT2D eigenvalue weighted by Crippen LogP contribution is 2.26. The summed E-state index contributed by atoms with van der Waals surface area (Å²) in [6, 6.07) is 7.51. The van der Waals surface area contributed by atoms with E-state index in [9.17, 15) is 14.4 Å². The molecule has 0 saturated carbocycles. The van der Waals surface area contributed by atoms with Crippen LogP contribution in [0.2, 0.25) is 0 Å². The molecule has 28 heavy (non-hydrogen) atoms. The normalized spacial score (nSPS) is 16.0. The number of nitrogens with two attached hydrogens (primary N) is 1. The minimum absolute atomic E-state index is 0.153. The van der Waals surface area contributed by atoms with E-state index < -0.39 is 29.8 Å². The molecule has 2 aromatic rings. The van der Waals surface area contributed by atoms with Crippen LogP contribution < -0.4 is 21.6 Å². The van der Waals surface area contributed by atoms with Crippen molar-refractivity contribution in [1.82, 2.24) is 5.32 Å². The topological polar surface area (TPSA) is 187 Å². The first-order valence-electron chi connectivity index (χ1n) is 8.32. The van der Waals surface area contributed by atoms with Crippen molar-refractivity contribution in [3.63, 3.8) is 0 Å². The van der Waals surface area contributed by atoms with Crippen LogP contribution in [-0.2, 0) is 9.59 Å². The summed E-state index contributed by atoms with van der Waals surface area (Å²) in [6.45, 7) is 3.70. The number of benzene rings is 1. The molecular weight excluding hydrogens is 374 g/mol. The molecule has 1 aromatic carbocycles. The molecule has 0 aliphatic carbocycles. The Kier molecular flexibility index (Phi) is 6.93. The van der Waals surface area contributed by atoms with Crippen LogP contribution in [0.3, 0.4) is 0 Å². The first-order valence-corrected chi connectivity index (χ1v) is 8.32. The zero-order valence-electron chi connectivity index (χ0n) is 14.7. The molecular formula is C17H21N3O8. The molecule has 7 N–H and O–H groups in total. The number of nitrogens with zero attached hydrogens (tertiary/aromatic N) is 1. The number of rotatable bonds is 4. The summed E-state index contributed by atoms with van der Waals surface area (Å²) in [5.74, 6) is -3.54. The Morgan fingerprint density at radius 3 is 2.21 bits per heavy atom. The largest absolute Gasteiger partial charge is 0.479 e. The van der Waals surface area contributed by atoms with Crippen LogP contribution in [0.4, 0.5) is 11.4 Å². The van der Waals surface area contributed by atoms with Crippen molar-refractivity contribution in [2.45, 2.75) is 12.2 Å². The average Bonchev–Trinajstić information content (AvgIpc) is 2.68. The lowest BCUT2D eigenvalue weighted by Gasteiger charge is -2.29. The summed E-state index contributed by atoms with van der Waals surface area (Å²) in [7, 11) is 0. The Labute approximate surface area is 158 Å². The third-order valence-corrected chi connectivity index (χ3v) is 4.03. The summed E-state index contributed by atoms with van der Waals surface area (Å²) >= 11 is 0. The van der Waals surface area contributed by atoms with Gasteiger partial charge in [0.15, 0.2) is 17.8 Å². The second-order valence-electron chi connectivity index (χ2n) is 5.99. The number of hydrogen-bond acceptors (Lipinski definition) is 9. The smallest absolute Gasteiger partial charge is 0.359 e. The molecule has 1 saturated heterocycles. The van der Waals surface area contributed by atoms with Crippen LogP contribution in [0.5, 0.6) is 0 Å². The van der Waals surface area contributed by atoms with Gasteiger partial charge in [-0.25, -0.2) is 14.4 Å². The highest BCUT2D eigenvalue weighted by Gasteiger charge is 2.29. The molecule has 152 valence electrons. The molecule has 0 radical (unpaired) electrons. The van der Waals surface area contributed by atoms with Gasteiger partial charge in [-0.3, -0.25) is 0 Å². The van der Waals surface area contributed by atoms with Gasteiger partial charge < -0.3 is 40.8 Å². The summed E-state index contributed by atoms with van der Waals surface area (Å²) in [5.41, 5.74) is 6.86. The number of hydrogen-bond donors (Lipinski definition) is 6. The van der Waals surface area contributed by atoms with E-state index in [2.05, 4.69) is 10.2 Å². The molecule has 0 bridgehead atoms. The average molecular weight is 395 g/mol. The molecule has 11 nitrogen and oxygen atoms in total. The molecule has 1 aromatic heterocycles. The number of nitrogens with one attached hydrogen (secondary N) is 1. The number of aliphatic hydroxyl groups excluding tert-OH is 2. The fourth-order valence-electron chi connectivity index (χ4n) is 2.57. The standard InChI is InChI=1S/C13H15N3O2.C4H6O6/c14-10-8-9-2-1-3-11(12(9)18-13(10)17)16-6-4-15-5-7-16;5-1(3(7)8)2(6)4(9)10/h1-3,8,15H,4-7,14H2;1-2,5-6H,(H,7,8)(H,9,10)/t;1-,2-/m.1/s1. The maximum absolute atomic E-state index is 11.5. The lowest BCUT2D eigenvalue weighted by molar-refractivity contribution is -0.165. The second kappa shape index (κ2) is 9.17. The summed E-state index contributed by atoms with van der Waals surface area (Å²) in [6.07, 6.45) is -4.53. The first-order chi connectivity index (χ1) is 13.2. The van der Waals surface area contributed by atoms with E-state index in [0.29, 0.717) is 5.58 Å². The highest BCUT2D eigenvalue weighted by atomic mass is 16.4. The third kappa shape index (κ3) is 4.97. The SMILES string of the molecule is Nc1cc2cccc(N3CCNCC3)c2oc1=O.O=C(O)[C@H](O)[C@@H](O)C(=O)O. The quantitative estimate of drug-likeness (QED) is 0.336. The number of aliphatic hydroxyl groups is 2. The molecule has 1 fully saturated rings. The number of carboxylic acids is 2. The van der Waals surface area contributed by atoms with Gasteiger partial charge in [-0.15, -0.1) is 0 Å². The number of nitrogen functional groups attached to an aromatic ring is 1. The van der Waals surface area contributed by atoms with Crippen LogP contribution in [0.25, 0.3) is 11.0 Å². The Hall–Kier alpha value is -3.15. The van der Waals surface area contributed by atoms with Crippen LogP contribution in [-0.4, -0.2) is 70.8 Å². The summed E-state index contributed by atoms with van der Waals surface area (Å²) in [4.78, 5) is 33.3. The molecule has 0 spiro atoms. The Balaban J connectivity index is 0.000000242. The first kappa shape index (κ1) is 21.2. The van der Waals surface area contributed by atoms with Crippen LogP contribution in [0.1, 0.15) is 0 Å². The van der Waals surface area contributed by atoms with Gasteiger partial charge >= 0.3 is 17.6 Å². The van der Waals surface area contributed by atoms with Gasteiger partial charge in [-0.05, 0) is 12.1 Å². The number of carbonyl (C=O) groups is 2. The van der Waals surface area contributed by atoms with E-state index in [1.165, 1.54) is 0 Å². The maximum Gasteiger partial charge on any atom is 0.359 e. The number of aliphatic carboxylic acids is 2. The highest BCUT2D eigenvalue weighted by molar-refractivity contribution is 5.90. The van der Waals surface area contributed by atoms with Crippen molar-refractivity contribution >= 4 is 34.3 Å². The van der Waals surface area contributed by atoms with Gasteiger partial charge in [-0.2, -0.15) is 0 Å². The van der Waals surface area contributed by atoms with E-state index in [4.69, 9.17) is 30.6 Å². The molecule has 2 atom stereocenters. The van der Waals surface area contributed by atoms with E-state index in [1.807, 2.05) is 18.2 Å². The fraction of sp³-hybridized carbons (Fsp3) is 0.353. The van der Waals surface area contributed by atoms with E-state index in [1.54, 1.807) is 6.07 Å². The van der Waals surface area contributed by atoms with Crippen LogP contribution in [0, 0.1) is 0 Å². The number of fused-ring (bicyclic) bond motifs is 1. The van der Waals surface area contributed by atoms with Crippen molar-refractivity contribution < 1.29 is 34.4 Å². The van der Waals surface area contributed by atoms with E-state index in [-0.39, 0.29) is 5.69 Å². The molecule has 0 unspecified atom stereocenters. The predicted octanol–water partition coefficient (Wildman–Crippen LogP) is -1.34. The van der Waals surface area contributed by atoms with Crippen molar-refractivity contribution in [3.05, 3.63) is 34.7 Å². The molecule has 1 aliphatic rings. The van der Waals surface area contributed by atoms with Gasteiger partial charge in [0, 0.05) is 31.6 Å². The van der Waals surface area contributed by atoms with Crippen molar-refractivity contribution in [2.75, 3.05) is 36.8 Å². The van der Waals surface area contributed by atoms with Gasteiger partial charge in [0.05, 0.1) is 5.69 Å². The number of piperazine rings is 1. The molecule has 2 heterocycles. The lowest BCUT2D eigenvalue weighted by Crippen LogP contribution is -2.43. The Bertz CT molecular complexity index is 889. The van der Waals surface area contributed by atoms with Crippen molar-refractivity contribution in [2.24, 2.45) is 0 Å². The number of anilines is 2. The summed E-state index contributed by atoms with van der Waals surface area (Å²) in [5, 5.41) is 36.7. The summed E-state index contributed by atoms with van der Waals surface area (Å²) < 4.78 is 5.33. The Morgan fingerprint density at radius 1 is 1.11 bits per heavy atom. The zero-order valence-corrected chi connectivity index (χ0v) is 14.7. The molecule has 11 heteroatoms. The molecule has 0 amide bonds.